The van der Waals surface area contributed by atoms with Gasteiger partial charge in [-0.3, -0.25) is 9.59 Å². The molecule has 0 saturated carbocycles. The SMILES string of the molecule is CC(C)Oc1ccc(C[C@@H]2NC(=O)[C@H](CCCCN)N(Cc3ccc(-c4ccccc4)cc3)C2=O)cc1. The molecule has 3 aromatic rings. The van der Waals surface area contributed by atoms with Crippen LogP contribution >= 0.6 is 0 Å². The molecule has 2 amide bonds. The standard InChI is InChI=1S/C31H37N3O3/c1-22(2)37-27-17-13-23(14-18-27)20-28-31(36)34(29(30(35)33-28)10-6-7-19-32)21-24-11-15-26(16-12-24)25-8-4-3-5-9-25/h3-5,8-9,11-18,22,28-29H,6-7,10,19-21,32H2,1-2H3,(H,33,35)/t28-,29-/m0/s1. The van der Waals surface area contributed by atoms with Crippen LogP contribution in [0.3, 0.4) is 0 Å². The van der Waals surface area contributed by atoms with Crippen LogP contribution in [0.15, 0.2) is 78.9 Å². The van der Waals surface area contributed by atoms with Crippen molar-refractivity contribution in [3.8, 4) is 16.9 Å². The molecule has 1 fully saturated rings. The molecule has 0 bridgehead atoms. The third-order valence-electron chi connectivity index (χ3n) is 6.66. The van der Waals surface area contributed by atoms with E-state index in [1.165, 1.54) is 0 Å². The summed E-state index contributed by atoms with van der Waals surface area (Å²) in [6.45, 7) is 4.93. The molecule has 2 atom stereocenters. The molecule has 0 aromatic heterocycles. The zero-order valence-electron chi connectivity index (χ0n) is 21.7. The number of unbranched alkanes of at least 4 members (excludes halogenated alkanes) is 1. The molecule has 1 heterocycles. The van der Waals surface area contributed by atoms with Gasteiger partial charge in [0.15, 0.2) is 0 Å². The Labute approximate surface area is 219 Å². The maximum Gasteiger partial charge on any atom is 0.246 e. The smallest absolute Gasteiger partial charge is 0.246 e. The van der Waals surface area contributed by atoms with E-state index in [1.807, 2.05) is 68.4 Å². The number of amides is 2. The third-order valence-corrected chi connectivity index (χ3v) is 6.66. The van der Waals surface area contributed by atoms with E-state index >= 15 is 0 Å². The summed E-state index contributed by atoms with van der Waals surface area (Å²) in [4.78, 5) is 28.6. The largest absolute Gasteiger partial charge is 0.491 e. The summed E-state index contributed by atoms with van der Waals surface area (Å²) >= 11 is 0. The predicted molar refractivity (Wildman–Crippen MR) is 147 cm³/mol. The molecular weight excluding hydrogens is 462 g/mol. The van der Waals surface area contributed by atoms with Gasteiger partial charge >= 0.3 is 0 Å². The number of nitrogens with two attached hydrogens (primary N) is 1. The molecule has 194 valence electrons. The summed E-state index contributed by atoms with van der Waals surface area (Å²) in [5, 5.41) is 2.99. The van der Waals surface area contributed by atoms with Gasteiger partial charge in [0, 0.05) is 13.0 Å². The number of rotatable bonds is 11. The first-order valence-electron chi connectivity index (χ1n) is 13.2. The number of piperazine rings is 1. The Bertz CT molecular complexity index is 1160. The van der Waals surface area contributed by atoms with Crippen molar-refractivity contribution in [2.24, 2.45) is 5.73 Å². The van der Waals surface area contributed by atoms with Crippen molar-refractivity contribution in [3.63, 3.8) is 0 Å². The van der Waals surface area contributed by atoms with E-state index in [9.17, 15) is 9.59 Å². The number of carbonyl (C=O) groups excluding carboxylic acids is 2. The average Bonchev–Trinajstić information content (AvgIpc) is 2.90. The fourth-order valence-corrected chi connectivity index (χ4v) is 4.76. The van der Waals surface area contributed by atoms with E-state index in [0.717, 1.165) is 40.8 Å². The summed E-state index contributed by atoms with van der Waals surface area (Å²) in [5.74, 6) is 0.646. The highest BCUT2D eigenvalue weighted by molar-refractivity contribution is 5.97. The second-order valence-corrected chi connectivity index (χ2v) is 9.91. The summed E-state index contributed by atoms with van der Waals surface area (Å²) in [6.07, 6.45) is 2.76. The van der Waals surface area contributed by atoms with Gasteiger partial charge in [0.05, 0.1) is 6.10 Å². The Morgan fingerprint density at radius 1 is 0.865 bits per heavy atom. The van der Waals surface area contributed by atoms with Gasteiger partial charge < -0.3 is 20.7 Å². The number of ether oxygens (including phenoxy) is 1. The Balaban J connectivity index is 1.51. The highest BCUT2D eigenvalue weighted by atomic mass is 16.5. The number of nitrogens with one attached hydrogen (secondary N) is 1. The topological polar surface area (TPSA) is 84.7 Å². The van der Waals surface area contributed by atoms with E-state index in [4.69, 9.17) is 10.5 Å². The molecule has 37 heavy (non-hydrogen) atoms. The van der Waals surface area contributed by atoms with Gasteiger partial charge in [-0.05, 0) is 74.0 Å². The Hall–Kier alpha value is -3.64. The van der Waals surface area contributed by atoms with Crippen molar-refractivity contribution in [1.82, 2.24) is 10.2 Å². The van der Waals surface area contributed by atoms with Crippen LogP contribution in [0.1, 0.15) is 44.2 Å². The van der Waals surface area contributed by atoms with Crippen LogP contribution in [0, 0.1) is 0 Å². The fraction of sp³-hybridized carbons (Fsp3) is 0.355. The van der Waals surface area contributed by atoms with Crippen molar-refractivity contribution in [2.45, 2.75) is 64.3 Å². The van der Waals surface area contributed by atoms with Gasteiger partial charge in [0.2, 0.25) is 11.8 Å². The summed E-state index contributed by atoms with van der Waals surface area (Å²) < 4.78 is 5.72. The van der Waals surface area contributed by atoms with Crippen molar-refractivity contribution in [2.75, 3.05) is 6.54 Å². The summed E-state index contributed by atoms with van der Waals surface area (Å²) in [7, 11) is 0. The molecule has 4 rings (SSSR count). The second kappa shape index (κ2) is 12.5. The first-order valence-corrected chi connectivity index (χ1v) is 13.2. The van der Waals surface area contributed by atoms with Crippen LogP contribution in [0.4, 0.5) is 0 Å². The molecule has 3 aromatic carbocycles. The molecule has 0 aliphatic carbocycles. The lowest BCUT2D eigenvalue weighted by molar-refractivity contribution is -0.150. The van der Waals surface area contributed by atoms with E-state index in [2.05, 4.69) is 29.6 Å². The molecular formula is C31H37N3O3. The van der Waals surface area contributed by atoms with Gasteiger partial charge in [-0.2, -0.15) is 0 Å². The monoisotopic (exact) mass is 499 g/mol. The summed E-state index contributed by atoms with van der Waals surface area (Å²) in [6, 6.07) is 25.1. The van der Waals surface area contributed by atoms with Crippen LogP contribution in [-0.4, -0.2) is 41.4 Å². The first-order chi connectivity index (χ1) is 17.9. The van der Waals surface area contributed by atoms with Crippen LogP contribution in [0.25, 0.3) is 11.1 Å². The maximum atomic E-state index is 13.7. The Morgan fingerprint density at radius 3 is 2.16 bits per heavy atom. The minimum atomic E-state index is -0.598. The molecule has 6 nitrogen and oxygen atoms in total. The molecule has 3 N–H and O–H groups in total. The number of hydrogen-bond donors (Lipinski definition) is 2. The maximum absolute atomic E-state index is 13.7. The quantitative estimate of drug-likeness (QED) is 0.374. The fourth-order valence-electron chi connectivity index (χ4n) is 4.76. The van der Waals surface area contributed by atoms with E-state index < -0.39 is 12.1 Å². The van der Waals surface area contributed by atoms with Gasteiger partial charge in [-0.15, -0.1) is 0 Å². The number of nitrogens with zero attached hydrogens (tertiary/aromatic N) is 1. The van der Waals surface area contributed by atoms with Crippen molar-refractivity contribution < 1.29 is 14.3 Å². The van der Waals surface area contributed by atoms with Gasteiger partial charge in [-0.1, -0.05) is 66.7 Å². The minimum absolute atomic E-state index is 0.0491. The molecule has 1 aliphatic rings. The zero-order chi connectivity index (χ0) is 26.2. The Kier molecular flexibility index (Phi) is 8.96. The lowest BCUT2D eigenvalue weighted by Crippen LogP contribution is -2.63. The van der Waals surface area contributed by atoms with Crippen LogP contribution in [-0.2, 0) is 22.6 Å². The van der Waals surface area contributed by atoms with Crippen molar-refractivity contribution in [1.29, 1.82) is 0 Å². The van der Waals surface area contributed by atoms with Gasteiger partial charge in [0.25, 0.3) is 0 Å². The van der Waals surface area contributed by atoms with E-state index in [0.29, 0.717) is 25.9 Å². The second-order valence-electron chi connectivity index (χ2n) is 9.91. The molecule has 0 radical (unpaired) electrons. The van der Waals surface area contributed by atoms with E-state index in [-0.39, 0.29) is 17.9 Å². The lowest BCUT2D eigenvalue weighted by atomic mass is 9.96. The first kappa shape index (κ1) is 26.4. The molecule has 0 spiro atoms. The number of hydrogen-bond acceptors (Lipinski definition) is 4. The van der Waals surface area contributed by atoms with Crippen LogP contribution in [0.5, 0.6) is 5.75 Å². The van der Waals surface area contributed by atoms with E-state index in [1.54, 1.807) is 4.90 Å². The van der Waals surface area contributed by atoms with Crippen LogP contribution in [0.2, 0.25) is 0 Å². The molecule has 0 unspecified atom stereocenters. The number of carbonyl (C=O) groups is 2. The number of benzene rings is 3. The third kappa shape index (κ3) is 6.98. The predicted octanol–water partition coefficient (Wildman–Crippen LogP) is 4.71. The minimum Gasteiger partial charge on any atom is -0.491 e. The van der Waals surface area contributed by atoms with Crippen LogP contribution < -0.4 is 15.8 Å². The van der Waals surface area contributed by atoms with Gasteiger partial charge in [-0.25, -0.2) is 0 Å². The van der Waals surface area contributed by atoms with Crippen molar-refractivity contribution in [3.05, 3.63) is 90.0 Å². The lowest BCUT2D eigenvalue weighted by Gasteiger charge is -2.39. The highest BCUT2D eigenvalue weighted by Gasteiger charge is 2.40. The molecule has 6 heteroatoms. The summed E-state index contributed by atoms with van der Waals surface area (Å²) in [5.41, 5.74) is 9.92. The van der Waals surface area contributed by atoms with Gasteiger partial charge in [0.1, 0.15) is 17.8 Å². The van der Waals surface area contributed by atoms with Crippen molar-refractivity contribution >= 4 is 11.8 Å². The average molecular weight is 500 g/mol. The Morgan fingerprint density at radius 2 is 1.51 bits per heavy atom. The zero-order valence-corrected chi connectivity index (χ0v) is 21.7. The molecule has 1 saturated heterocycles. The highest BCUT2D eigenvalue weighted by Crippen LogP contribution is 2.24. The molecule has 1 aliphatic heterocycles. The normalized spacial score (nSPS) is 17.7.